The third-order valence-corrected chi connectivity index (χ3v) is 5.58. The van der Waals surface area contributed by atoms with Crippen molar-refractivity contribution in [2.45, 2.75) is 63.4 Å². The first-order valence-electron chi connectivity index (χ1n) is 8.30. The lowest BCUT2D eigenvalue weighted by Gasteiger charge is -2.42. The number of aliphatic hydroxyl groups is 3. The van der Waals surface area contributed by atoms with Crippen LogP contribution in [0, 0.1) is 5.41 Å². The lowest BCUT2D eigenvalue weighted by atomic mass is 9.73. The van der Waals surface area contributed by atoms with Crippen LogP contribution < -0.4 is 5.32 Å². The summed E-state index contributed by atoms with van der Waals surface area (Å²) in [5, 5.41) is 32.7. The van der Waals surface area contributed by atoms with Crippen LogP contribution in [0.3, 0.4) is 0 Å². The number of aliphatic hydroxyl groups excluding tert-OH is 3. The SMILES string of the molecule is CS[C@@H]1O[C@H](CO)[C@@H](O)[C@H](O)[C@@H]1NC(C)=C1C(=O)CC(C)(C)CC1=O. The highest BCUT2D eigenvalue weighted by molar-refractivity contribution is 7.99. The first-order valence-corrected chi connectivity index (χ1v) is 9.59. The van der Waals surface area contributed by atoms with Gasteiger partial charge in [-0.3, -0.25) is 9.59 Å². The predicted molar refractivity (Wildman–Crippen MR) is 93.9 cm³/mol. The molecule has 1 saturated carbocycles. The normalized spacial score (nSPS) is 35.6. The first kappa shape index (κ1) is 20.4. The minimum Gasteiger partial charge on any atom is -0.394 e. The molecular weight excluding hydrogens is 346 g/mol. The molecule has 0 spiro atoms. The highest BCUT2D eigenvalue weighted by Gasteiger charge is 2.45. The van der Waals surface area contributed by atoms with Crippen LogP contribution in [0.5, 0.6) is 0 Å². The molecule has 2 aliphatic rings. The largest absolute Gasteiger partial charge is 0.394 e. The van der Waals surface area contributed by atoms with E-state index in [1.165, 1.54) is 11.8 Å². The van der Waals surface area contributed by atoms with E-state index in [9.17, 15) is 24.9 Å². The van der Waals surface area contributed by atoms with Crippen LogP contribution in [-0.4, -0.2) is 69.5 Å². The van der Waals surface area contributed by atoms with Gasteiger partial charge in [-0.2, -0.15) is 0 Å². The van der Waals surface area contributed by atoms with Gasteiger partial charge in [-0.05, 0) is 18.6 Å². The maximum Gasteiger partial charge on any atom is 0.168 e. The second-order valence-electron chi connectivity index (χ2n) is 7.48. The third kappa shape index (κ3) is 4.25. The van der Waals surface area contributed by atoms with E-state index in [4.69, 9.17) is 4.74 Å². The zero-order chi connectivity index (χ0) is 18.9. The zero-order valence-electron chi connectivity index (χ0n) is 15.0. The molecule has 0 aromatic heterocycles. The van der Waals surface area contributed by atoms with Gasteiger partial charge in [-0.25, -0.2) is 0 Å². The smallest absolute Gasteiger partial charge is 0.168 e. The molecule has 1 aliphatic carbocycles. The van der Waals surface area contributed by atoms with Gasteiger partial charge in [0.15, 0.2) is 11.6 Å². The van der Waals surface area contributed by atoms with Crippen molar-refractivity contribution in [1.29, 1.82) is 0 Å². The molecule has 1 aliphatic heterocycles. The van der Waals surface area contributed by atoms with Crippen LogP contribution in [0.2, 0.25) is 0 Å². The number of rotatable bonds is 4. The zero-order valence-corrected chi connectivity index (χ0v) is 15.8. The molecule has 0 aromatic carbocycles. The fourth-order valence-corrected chi connectivity index (χ4v) is 4.22. The van der Waals surface area contributed by atoms with Gasteiger partial charge < -0.3 is 25.4 Å². The molecule has 1 saturated heterocycles. The second-order valence-corrected chi connectivity index (χ2v) is 8.41. The molecule has 142 valence electrons. The molecule has 7 nitrogen and oxygen atoms in total. The molecule has 4 N–H and O–H groups in total. The number of allylic oxidation sites excluding steroid dienone is 2. The van der Waals surface area contributed by atoms with Gasteiger partial charge in [0.25, 0.3) is 0 Å². The summed E-state index contributed by atoms with van der Waals surface area (Å²) in [6.45, 7) is 4.98. The molecule has 25 heavy (non-hydrogen) atoms. The van der Waals surface area contributed by atoms with Gasteiger partial charge in [-0.15, -0.1) is 11.8 Å². The van der Waals surface area contributed by atoms with Crippen LogP contribution in [0.1, 0.15) is 33.6 Å². The Kier molecular flexibility index (Phi) is 6.32. The summed E-state index contributed by atoms with van der Waals surface area (Å²) in [7, 11) is 0. The number of hydrogen-bond acceptors (Lipinski definition) is 8. The molecule has 0 bridgehead atoms. The number of ketones is 2. The maximum absolute atomic E-state index is 12.4. The van der Waals surface area contributed by atoms with Crippen molar-refractivity contribution in [3.63, 3.8) is 0 Å². The maximum atomic E-state index is 12.4. The lowest BCUT2D eigenvalue weighted by Crippen LogP contribution is -2.62. The Bertz CT molecular complexity index is 551. The van der Waals surface area contributed by atoms with Crippen LogP contribution in [0.15, 0.2) is 11.3 Å². The molecule has 8 heteroatoms. The minimum atomic E-state index is -1.26. The van der Waals surface area contributed by atoms with E-state index in [-0.39, 0.29) is 35.4 Å². The highest BCUT2D eigenvalue weighted by atomic mass is 32.2. The average Bonchev–Trinajstić information content (AvgIpc) is 2.50. The van der Waals surface area contributed by atoms with E-state index in [1.807, 2.05) is 13.8 Å². The summed E-state index contributed by atoms with van der Waals surface area (Å²) in [6, 6.07) is -0.712. The Labute approximate surface area is 151 Å². The molecule has 0 aromatic rings. The van der Waals surface area contributed by atoms with Crippen molar-refractivity contribution >= 4 is 23.3 Å². The van der Waals surface area contributed by atoms with Crippen molar-refractivity contribution < 1.29 is 29.6 Å². The van der Waals surface area contributed by atoms with E-state index in [1.54, 1.807) is 13.2 Å². The van der Waals surface area contributed by atoms with E-state index in [0.717, 1.165) is 0 Å². The van der Waals surface area contributed by atoms with Crippen molar-refractivity contribution in [3.8, 4) is 0 Å². The Morgan fingerprint density at radius 3 is 2.28 bits per heavy atom. The lowest BCUT2D eigenvalue weighted by molar-refractivity contribution is -0.170. The van der Waals surface area contributed by atoms with E-state index in [0.29, 0.717) is 5.70 Å². The van der Waals surface area contributed by atoms with Crippen LogP contribution in [-0.2, 0) is 14.3 Å². The van der Waals surface area contributed by atoms with Gasteiger partial charge in [0, 0.05) is 18.5 Å². The van der Waals surface area contributed by atoms with Crippen LogP contribution in [0.4, 0.5) is 0 Å². The van der Waals surface area contributed by atoms with Gasteiger partial charge >= 0.3 is 0 Å². The standard InChI is InChI=1S/C17H27NO6S/c1-8(12-9(20)5-17(2,3)6-10(12)21)18-13-15(23)14(22)11(7-19)24-16(13)25-4/h11,13-16,18-19,22-23H,5-7H2,1-4H3/t11-,13+,14-,15-,16+/m1/s1. The number of hydrogen-bond donors (Lipinski definition) is 4. The summed E-state index contributed by atoms with van der Waals surface area (Å²) in [4.78, 5) is 24.8. The number of carbonyl (C=O) groups is 2. The second kappa shape index (κ2) is 7.75. The summed E-state index contributed by atoms with van der Waals surface area (Å²) in [5.41, 5.74) is -0.383. The molecule has 2 fully saturated rings. The van der Waals surface area contributed by atoms with Crippen molar-refractivity contribution in [2.75, 3.05) is 12.9 Å². The molecule has 0 radical (unpaired) electrons. The monoisotopic (exact) mass is 373 g/mol. The van der Waals surface area contributed by atoms with Gasteiger partial charge in [0.2, 0.25) is 0 Å². The Morgan fingerprint density at radius 1 is 1.24 bits per heavy atom. The van der Waals surface area contributed by atoms with Crippen molar-refractivity contribution in [2.24, 2.45) is 5.41 Å². The van der Waals surface area contributed by atoms with E-state index < -0.39 is 36.4 Å². The summed E-state index contributed by atoms with van der Waals surface area (Å²) < 4.78 is 5.60. The third-order valence-electron chi connectivity index (χ3n) is 4.71. The van der Waals surface area contributed by atoms with Crippen molar-refractivity contribution in [1.82, 2.24) is 5.32 Å². The number of nitrogens with one attached hydrogen (secondary N) is 1. The fourth-order valence-electron chi connectivity index (χ4n) is 3.44. The quantitative estimate of drug-likeness (QED) is 0.401. The summed E-state index contributed by atoms with van der Waals surface area (Å²) in [6.07, 6.45) is -0.988. The van der Waals surface area contributed by atoms with Crippen molar-refractivity contribution in [3.05, 3.63) is 11.3 Å². The van der Waals surface area contributed by atoms with Crippen LogP contribution >= 0.6 is 11.8 Å². The molecule has 1 heterocycles. The van der Waals surface area contributed by atoms with Gasteiger partial charge in [-0.1, -0.05) is 13.8 Å². The molecule has 5 atom stereocenters. The molecular formula is C17H27NO6S. The molecule has 2 rings (SSSR count). The topological polar surface area (TPSA) is 116 Å². The highest BCUT2D eigenvalue weighted by Crippen LogP contribution is 2.35. The molecule has 0 unspecified atom stereocenters. The molecule has 0 amide bonds. The van der Waals surface area contributed by atoms with Gasteiger partial charge in [0.1, 0.15) is 23.7 Å². The predicted octanol–water partition coefficient (Wildman–Crippen LogP) is -0.0212. The fraction of sp³-hybridized carbons (Fsp3) is 0.765. The number of carbonyl (C=O) groups excluding carboxylic acids is 2. The number of Topliss-reactive ketones (excluding diaryl/α,β-unsaturated/α-hetero) is 2. The Hall–Kier alpha value is -0.930. The van der Waals surface area contributed by atoms with E-state index >= 15 is 0 Å². The average molecular weight is 373 g/mol. The summed E-state index contributed by atoms with van der Waals surface area (Å²) >= 11 is 1.31. The Balaban J connectivity index is 2.24. The minimum absolute atomic E-state index is 0.130. The van der Waals surface area contributed by atoms with Gasteiger partial charge in [0.05, 0.1) is 18.2 Å². The Morgan fingerprint density at radius 2 is 1.80 bits per heavy atom. The van der Waals surface area contributed by atoms with E-state index in [2.05, 4.69) is 5.32 Å². The summed E-state index contributed by atoms with van der Waals surface area (Å²) in [5.74, 6) is -0.432. The number of thioether (sulfide) groups is 1. The van der Waals surface area contributed by atoms with Crippen LogP contribution in [0.25, 0.3) is 0 Å². The first-order chi connectivity index (χ1) is 11.6. The number of ether oxygens (including phenoxy) is 1.